The molecule has 1 aromatic heterocycles. The average molecular weight is 298 g/mol. The number of halogens is 1. The Balaban J connectivity index is 2.27. The molecule has 2 heterocycles. The molecule has 0 amide bonds. The van der Waals surface area contributed by atoms with E-state index in [0.717, 1.165) is 13.1 Å². The van der Waals surface area contributed by atoms with Crippen LogP contribution >= 0.6 is 11.6 Å². The van der Waals surface area contributed by atoms with Crippen LogP contribution < -0.4 is 9.80 Å². The van der Waals surface area contributed by atoms with E-state index >= 15 is 0 Å². The maximum Gasteiger partial charge on any atom is 0.231 e. The number of hydrogen-bond acceptors (Lipinski definition) is 5. The third-order valence-corrected chi connectivity index (χ3v) is 4.29. The molecule has 5 nitrogen and oxygen atoms in total. The van der Waals surface area contributed by atoms with Gasteiger partial charge in [0, 0.05) is 26.2 Å². The lowest BCUT2D eigenvalue weighted by Crippen LogP contribution is -2.40. The van der Waals surface area contributed by atoms with Gasteiger partial charge >= 0.3 is 0 Å². The molecule has 0 aliphatic carbocycles. The Labute approximate surface area is 126 Å². The Morgan fingerprint density at radius 2 is 1.75 bits per heavy atom. The monoisotopic (exact) mass is 297 g/mol. The summed E-state index contributed by atoms with van der Waals surface area (Å²) < 4.78 is 0. The molecule has 1 fully saturated rings. The molecule has 0 bridgehead atoms. The van der Waals surface area contributed by atoms with Crippen molar-refractivity contribution in [2.45, 2.75) is 46.6 Å². The van der Waals surface area contributed by atoms with E-state index in [1.54, 1.807) is 0 Å². The van der Waals surface area contributed by atoms with Gasteiger partial charge in [0.15, 0.2) is 0 Å². The summed E-state index contributed by atoms with van der Waals surface area (Å²) in [5, 5.41) is 0.268. The van der Waals surface area contributed by atoms with Crippen molar-refractivity contribution in [2.75, 3.05) is 29.9 Å². The Kier molecular flexibility index (Phi) is 4.37. The molecule has 1 saturated heterocycles. The summed E-state index contributed by atoms with van der Waals surface area (Å²) in [4.78, 5) is 17.4. The quantitative estimate of drug-likeness (QED) is 0.858. The smallest absolute Gasteiger partial charge is 0.231 e. The predicted octanol–water partition coefficient (Wildman–Crippen LogP) is 3.00. The van der Waals surface area contributed by atoms with Crippen molar-refractivity contribution in [3.63, 3.8) is 0 Å². The fourth-order valence-corrected chi connectivity index (χ4v) is 2.45. The number of nitrogens with zero attached hydrogens (tertiary/aromatic N) is 5. The van der Waals surface area contributed by atoms with E-state index in [4.69, 9.17) is 11.6 Å². The van der Waals surface area contributed by atoms with E-state index in [9.17, 15) is 0 Å². The highest BCUT2D eigenvalue weighted by Gasteiger charge is 2.27. The zero-order chi connectivity index (χ0) is 14.9. The molecule has 0 aromatic carbocycles. The predicted molar refractivity (Wildman–Crippen MR) is 83.6 cm³/mol. The van der Waals surface area contributed by atoms with Crippen LogP contribution in [0.5, 0.6) is 0 Å². The van der Waals surface area contributed by atoms with Gasteiger partial charge in [0.05, 0.1) is 0 Å². The molecule has 20 heavy (non-hydrogen) atoms. The summed E-state index contributed by atoms with van der Waals surface area (Å²) in [5.74, 6) is 1.35. The summed E-state index contributed by atoms with van der Waals surface area (Å²) in [5.41, 5.74) is 0.141. The second-order valence-corrected chi connectivity index (χ2v) is 6.89. The molecule has 112 valence electrons. The summed E-state index contributed by atoms with van der Waals surface area (Å²) in [6.07, 6.45) is 2.37. The van der Waals surface area contributed by atoms with Crippen molar-refractivity contribution in [1.29, 1.82) is 0 Å². The highest BCUT2D eigenvalue weighted by atomic mass is 35.5. The Morgan fingerprint density at radius 1 is 1.15 bits per heavy atom. The van der Waals surface area contributed by atoms with Crippen LogP contribution in [0.15, 0.2) is 0 Å². The van der Waals surface area contributed by atoms with E-state index in [0.29, 0.717) is 17.9 Å². The lowest BCUT2D eigenvalue weighted by atomic mass is 9.87. The Bertz CT molecular complexity index is 465. The van der Waals surface area contributed by atoms with Gasteiger partial charge < -0.3 is 9.80 Å². The minimum atomic E-state index is 0.141. The molecular formula is C14H24ClN5. The Hall–Kier alpha value is -1.10. The van der Waals surface area contributed by atoms with Crippen LogP contribution in [-0.4, -0.2) is 41.1 Å². The first-order valence-electron chi connectivity index (χ1n) is 7.18. The maximum atomic E-state index is 6.08. The first-order chi connectivity index (χ1) is 9.29. The molecule has 0 radical (unpaired) electrons. The molecule has 1 aliphatic rings. The topological polar surface area (TPSA) is 45.2 Å². The Morgan fingerprint density at radius 3 is 2.30 bits per heavy atom. The first-order valence-corrected chi connectivity index (χ1v) is 7.56. The summed E-state index contributed by atoms with van der Waals surface area (Å²) in [7, 11) is 2.01. The van der Waals surface area contributed by atoms with E-state index in [-0.39, 0.29) is 10.7 Å². The van der Waals surface area contributed by atoms with Crippen molar-refractivity contribution in [2.24, 2.45) is 5.41 Å². The fraction of sp³-hybridized carbons (Fsp3) is 0.786. The summed E-state index contributed by atoms with van der Waals surface area (Å²) in [6, 6.07) is 0.299. The van der Waals surface area contributed by atoms with Gasteiger partial charge in [-0.1, -0.05) is 20.8 Å². The van der Waals surface area contributed by atoms with Crippen LogP contribution in [0.25, 0.3) is 0 Å². The standard InChI is InChI=1S/C14H24ClN5/c1-10(14(2,3)4)19(5)12-16-11(15)17-13(18-12)20-8-6-7-9-20/h10H,6-9H2,1-5H3. The van der Waals surface area contributed by atoms with Gasteiger partial charge in [-0.15, -0.1) is 0 Å². The largest absolute Gasteiger partial charge is 0.341 e. The van der Waals surface area contributed by atoms with E-state index in [1.807, 2.05) is 7.05 Å². The average Bonchev–Trinajstić information content (AvgIpc) is 2.89. The van der Waals surface area contributed by atoms with Crippen LogP contribution in [-0.2, 0) is 0 Å². The number of anilines is 2. The van der Waals surface area contributed by atoms with Gasteiger partial charge in [-0.05, 0) is 36.8 Å². The van der Waals surface area contributed by atoms with Crippen LogP contribution in [0.4, 0.5) is 11.9 Å². The lowest BCUT2D eigenvalue weighted by Gasteiger charge is -2.35. The molecule has 0 spiro atoms. The van der Waals surface area contributed by atoms with Crippen LogP contribution in [0.3, 0.4) is 0 Å². The number of hydrogen-bond donors (Lipinski definition) is 0. The summed E-state index contributed by atoms with van der Waals surface area (Å²) in [6.45, 7) is 10.8. The molecular weight excluding hydrogens is 274 g/mol. The van der Waals surface area contributed by atoms with E-state index in [1.165, 1.54) is 12.8 Å². The maximum absolute atomic E-state index is 6.08. The van der Waals surface area contributed by atoms with Gasteiger partial charge in [-0.3, -0.25) is 0 Å². The molecule has 1 aromatic rings. The highest BCUT2D eigenvalue weighted by molar-refractivity contribution is 6.28. The van der Waals surface area contributed by atoms with Gasteiger partial charge in [0.2, 0.25) is 17.2 Å². The molecule has 0 saturated carbocycles. The third-order valence-electron chi connectivity index (χ3n) is 4.12. The lowest BCUT2D eigenvalue weighted by molar-refractivity contribution is 0.327. The molecule has 1 atom stereocenters. The summed E-state index contributed by atoms with van der Waals surface area (Å²) >= 11 is 6.08. The van der Waals surface area contributed by atoms with Crippen molar-refractivity contribution in [1.82, 2.24) is 15.0 Å². The zero-order valence-corrected chi connectivity index (χ0v) is 13.8. The second-order valence-electron chi connectivity index (χ2n) is 6.55. The van der Waals surface area contributed by atoms with Crippen LogP contribution in [0, 0.1) is 5.41 Å². The van der Waals surface area contributed by atoms with Crippen molar-refractivity contribution in [3.05, 3.63) is 5.28 Å². The molecule has 0 N–H and O–H groups in total. The molecule has 1 unspecified atom stereocenters. The molecule has 1 aliphatic heterocycles. The van der Waals surface area contributed by atoms with Gasteiger partial charge in [-0.2, -0.15) is 15.0 Å². The van der Waals surface area contributed by atoms with Crippen molar-refractivity contribution < 1.29 is 0 Å². The van der Waals surface area contributed by atoms with E-state index in [2.05, 4.69) is 52.4 Å². The normalized spacial score (nSPS) is 17.4. The minimum Gasteiger partial charge on any atom is -0.341 e. The fourth-order valence-electron chi connectivity index (χ4n) is 2.30. The molecule has 2 rings (SSSR count). The van der Waals surface area contributed by atoms with Gasteiger partial charge in [0.25, 0.3) is 0 Å². The van der Waals surface area contributed by atoms with Crippen LogP contribution in [0.2, 0.25) is 5.28 Å². The number of rotatable bonds is 3. The second kappa shape index (κ2) is 5.72. The van der Waals surface area contributed by atoms with Crippen molar-refractivity contribution in [3.8, 4) is 0 Å². The van der Waals surface area contributed by atoms with Crippen LogP contribution in [0.1, 0.15) is 40.5 Å². The molecule has 6 heteroatoms. The zero-order valence-electron chi connectivity index (χ0n) is 13.0. The number of aromatic nitrogens is 3. The highest BCUT2D eigenvalue weighted by Crippen LogP contribution is 2.27. The SMILES string of the molecule is CC(N(C)c1nc(Cl)nc(N2CCCC2)n1)C(C)(C)C. The third kappa shape index (κ3) is 3.32. The van der Waals surface area contributed by atoms with Crippen molar-refractivity contribution >= 4 is 23.5 Å². The van der Waals surface area contributed by atoms with Gasteiger partial charge in [-0.25, -0.2) is 0 Å². The first kappa shape index (κ1) is 15.3. The van der Waals surface area contributed by atoms with E-state index < -0.39 is 0 Å². The van der Waals surface area contributed by atoms with Gasteiger partial charge in [0.1, 0.15) is 0 Å². The minimum absolute atomic E-state index is 0.141.